The number of carbonyl (C=O) groups is 1. The van der Waals surface area contributed by atoms with Crippen molar-refractivity contribution in [2.24, 2.45) is 0 Å². The monoisotopic (exact) mass is 361 g/mol. The Kier molecular flexibility index (Phi) is 4.14. The van der Waals surface area contributed by atoms with Crippen molar-refractivity contribution in [2.75, 3.05) is 7.05 Å². The van der Waals surface area contributed by atoms with E-state index in [1.807, 2.05) is 0 Å². The summed E-state index contributed by atoms with van der Waals surface area (Å²) in [6.07, 6.45) is 0. The number of hydrogen-bond donors (Lipinski definition) is 0. The molecule has 1 saturated heterocycles. The Morgan fingerprint density at radius 2 is 1.62 bits per heavy atom. The normalized spacial score (nSPS) is 22.7. The molecule has 1 aromatic rings. The first-order chi connectivity index (χ1) is 9.52. The van der Waals surface area contributed by atoms with Crippen LogP contribution in [0.15, 0.2) is 30.3 Å². The average Bonchev–Trinajstić information content (AvgIpc) is 2.64. The molecule has 1 atom stereocenters. The van der Waals surface area contributed by atoms with Gasteiger partial charge in [0.25, 0.3) is 0 Å². The summed E-state index contributed by atoms with van der Waals surface area (Å²) in [7, 11) is 0.838. The van der Waals surface area contributed by atoms with E-state index in [2.05, 4.69) is 0 Å². The number of rotatable bonds is 3. The number of nitrogens with zero attached hydrogens (tertiary/aromatic N) is 1. The summed E-state index contributed by atoms with van der Waals surface area (Å²) in [6, 6.07) is 7.76. The van der Waals surface area contributed by atoms with Crippen LogP contribution in [-0.2, 0) is 4.79 Å². The Morgan fingerprint density at radius 1 is 1.14 bits per heavy atom. The molecule has 9 heteroatoms. The van der Waals surface area contributed by atoms with Crippen LogP contribution >= 0.6 is 35.0 Å². The van der Waals surface area contributed by atoms with E-state index in [1.165, 1.54) is 12.1 Å². The molecule has 1 amide bonds. The number of halogens is 6. The highest BCUT2D eigenvalue weighted by atomic mass is 35.5. The molecule has 1 fully saturated rings. The van der Waals surface area contributed by atoms with Crippen LogP contribution in [-0.4, -0.2) is 33.5 Å². The maximum atomic E-state index is 13.7. The molecule has 21 heavy (non-hydrogen) atoms. The third-order valence-electron chi connectivity index (χ3n) is 3.19. The molecule has 116 valence electrons. The van der Waals surface area contributed by atoms with Crippen LogP contribution in [0.25, 0.3) is 0 Å². The van der Waals surface area contributed by atoms with E-state index in [9.17, 15) is 22.4 Å². The first kappa shape index (κ1) is 16.7. The molecular formula is C12H9Cl2F4NOS. The molecule has 2 rings (SSSR count). The number of likely N-dealkylation sites (N-methyl/N-ethyl adjacent to an activating group) is 1. The summed E-state index contributed by atoms with van der Waals surface area (Å²) in [5, 5.41) is -10.1. The lowest BCUT2D eigenvalue weighted by molar-refractivity contribution is -0.152. The fourth-order valence-corrected chi connectivity index (χ4v) is 4.36. The van der Waals surface area contributed by atoms with Gasteiger partial charge in [-0.3, -0.25) is 4.79 Å². The van der Waals surface area contributed by atoms with E-state index >= 15 is 0 Å². The SMILES string of the molecule is CN1C(=O)C(c2ccccc2)SC1(C(F)(F)Cl)C(F)(F)Cl. The lowest BCUT2D eigenvalue weighted by atomic mass is 10.1. The predicted octanol–water partition coefficient (Wildman–Crippen LogP) is 4.29. The lowest BCUT2D eigenvalue weighted by Crippen LogP contribution is -2.61. The zero-order valence-corrected chi connectivity index (χ0v) is 12.8. The molecule has 1 heterocycles. The van der Waals surface area contributed by atoms with Crippen molar-refractivity contribution in [3.63, 3.8) is 0 Å². The maximum Gasteiger partial charge on any atom is 0.361 e. The second-order valence-corrected chi connectivity index (χ2v) is 6.69. The average molecular weight is 362 g/mol. The van der Waals surface area contributed by atoms with E-state index in [1.54, 1.807) is 18.2 Å². The predicted molar refractivity (Wildman–Crippen MR) is 73.9 cm³/mol. The highest BCUT2D eigenvalue weighted by Gasteiger charge is 2.76. The van der Waals surface area contributed by atoms with E-state index in [4.69, 9.17) is 23.2 Å². The first-order valence-corrected chi connectivity index (χ1v) is 7.30. The van der Waals surface area contributed by atoms with Crippen molar-refractivity contribution in [1.82, 2.24) is 4.90 Å². The number of benzene rings is 1. The number of hydrogen-bond acceptors (Lipinski definition) is 2. The Hall–Kier alpha value is -0.660. The number of carbonyl (C=O) groups excluding carboxylic acids is 1. The fraction of sp³-hybridized carbons (Fsp3) is 0.417. The van der Waals surface area contributed by atoms with Gasteiger partial charge in [0.1, 0.15) is 5.25 Å². The highest BCUT2D eigenvalue weighted by molar-refractivity contribution is 8.02. The third-order valence-corrected chi connectivity index (χ3v) is 5.79. The van der Waals surface area contributed by atoms with Gasteiger partial charge in [0.05, 0.1) is 0 Å². The molecular weight excluding hydrogens is 353 g/mol. The molecule has 0 spiro atoms. The van der Waals surface area contributed by atoms with Gasteiger partial charge in [-0.15, -0.1) is 11.8 Å². The largest absolute Gasteiger partial charge is 0.361 e. The van der Waals surface area contributed by atoms with Gasteiger partial charge in [-0.2, -0.15) is 17.6 Å². The molecule has 0 radical (unpaired) electrons. The number of amides is 1. The molecule has 0 N–H and O–H groups in total. The smallest absolute Gasteiger partial charge is 0.317 e. The van der Waals surface area contributed by atoms with Gasteiger partial charge >= 0.3 is 10.8 Å². The van der Waals surface area contributed by atoms with Crippen LogP contribution in [0.2, 0.25) is 0 Å². The maximum absolute atomic E-state index is 13.7. The minimum Gasteiger partial charge on any atom is -0.317 e. The zero-order chi connectivity index (χ0) is 16.1. The fourth-order valence-electron chi connectivity index (χ4n) is 2.14. The van der Waals surface area contributed by atoms with Gasteiger partial charge in [0, 0.05) is 7.05 Å². The molecule has 0 aliphatic carbocycles. The van der Waals surface area contributed by atoms with Gasteiger partial charge in [-0.05, 0) is 28.8 Å². The molecule has 0 saturated carbocycles. The Balaban J connectivity index is 2.54. The minimum absolute atomic E-state index is 0.0538. The van der Waals surface area contributed by atoms with Crippen molar-refractivity contribution in [1.29, 1.82) is 0 Å². The summed E-state index contributed by atoms with van der Waals surface area (Å²) in [6.45, 7) is 0. The van der Waals surface area contributed by atoms with E-state index in [0.717, 1.165) is 7.05 Å². The van der Waals surface area contributed by atoms with E-state index < -0.39 is 26.8 Å². The minimum atomic E-state index is -4.42. The molecule has 1 aliphatic rings. The Morgan fingerprint density at radius 3 is 2.00 bits per heavy atom. The topological polar surface area (TPSA) is 20.3 Å². The van der Waals surface area contributed by atoms with Gasteiger partial charge < -0.3 is 4.90 Å². The van der Waals surface area contributed by atoms with E-state index in [-0.39, 0.29) is 16.7 Å². The summed E-state index contributed by atoms with van der Waals surface area (Å²) >= 11 is 9.82. The molecule has 0 bridgehead atoms. The van der Waals surface area contributed by atoms with Gasteiger partial charge in [-0.25, -0.2) is 0 Å². The van der Waals surface area contributed by atoms with Crippen LogP contribution in [0.5, 0.6) is 0 Å². The van der Waals surface area contributed by atoms with Crippen molar-refractivity contribution < 1.29 is 22.4 Å². The van der Waals surface area contributed by atoms with Crippen molar-refractivity contribution >= 4 is 40.9 Å². The summed E-state index contributed by atoms with van der Waals surface area (Å²) in [5.41, 5.74) is 0.322. The van der Waals surface area contributed by atoms with Gasteiger partial charge in [-0.1, -0.05) is 30.3 Å². The van der Waals surface area contributed by atoms with Crippen LogP contribution in [0, 0.1) is 0 Å². The molecule has 1 aromatic carbocycles. The van der Waals surface area contributed by atoms with Crippen LogP contribution in [0.1, 0.15) is 10.8 Å². The lowest BCUT2D eigenvalue weighted by Gasteiger charge is -2.40. The first-order valence-electron chi connectivity index (χ1n) is 5.66. The Bertz CT molecular complexity index is 532. The van der Waals surface area contributed by atoms with Gasteiger partial charge in [0.2, 0.25) is 10.8 Å². The summed E-state index contributed by atoms with van der Waals surface area (Å²) in [4.78, 5) is 9.01. The van der Waals surface area contributed by atoms with Crippen molar-refractivity contribution in [2.45, 2.75) is 20.9 Å². The molecule has 0 aromatic heterocycles. The zero-order valence-electron chi connectivity index (χ0n) is 10.5. The van der Waals surface area contributed by atoms with Crippen molar-refractivity contribution in [3.05, 3.63) is 35.9 Å². The van der Waals surface area contributed by atoms with Crippen molar-refractivity contribution in [3.8, 4) is 0 Å². The standard InChI is InChI=1S/C12H9Cl2F4NOS/c1-19-9(20)8(7-5-3-2-4-6-7)21-10(19,11(13,15)16)12(14,17)18/h2-6,8H,1H3. The molecule has 1 unspecified atom stereocenters. The summed E-state index contributed by atoms with van der Waals surface area (Å²) < 4.78 is 54.7. The molecule has 2 nitrogen and oxygen atoms in total. The second-order valence-electron chi connectivity index (χ2n) is 4.45. The van der Waals surface area contributed by atoms with Gasteiger partial charge in [0.15, 0.2) is 0 Å². The Labute approximate surface area is 132 Å². The van der Waals surface area contributed by atoms with Crippen LogP contribution < -0.4 is 0 Å². The van der Waals surface area contributed by atoms with Crippen LogP contribution in [0.4, 0.5) is 17.6 Å². The highest BCUT2D eigenvalue weighted by Crippen LogP contribution is 2.63. The molecule has 1 aliphatic heterocycles. The number of thioether (sulfide) groups is 1. The second kappa shape index (κ2) is 5.21. The van der Waals surface area contributed by atoms with E-state index in [0.29, 0.717) is 5.56 Å². The van der Waals surface area contributed by atoms with Crippen LogP contribution in [0.3, 0.4) is 0 Å². The summed E-state index contributed by atoms with van der Waals surface area (Å²) in [5.74, 6) is -0.910. The number of alkyl halides is 6. The quantitative estimate of drug-likeness (QED) is 0.591. The third kappa shape index (κ3) is 2.49.